The van der Waals surface area contributed by atoms with Crippen molar-refractivity contribution >= 4 is 35.0 Å². The molecule has 136 valence electrons. The molecule has 0 aliphatic carbocycles. The van der Waals surface area contributed by atoms with Crippen LogP contribution in [0.2, 0.25) is 0 Å². The van der Waals surface area contributed by atoms with Crippen LogP contribution in [-0.2, 0) is 9.59 Å². The molecule has 26 heavy (non-hydrogen) atoms. The van der Waals surface area contributed by atoms with Gasteiger partial charge in [0.25, 0.3) is 0 Å². The molecule has 0 bridgehead atoms. The molecule has 1 aliphatic heterocycles. The Hall–Kier alpha value is -2.47. The SMILES string of the molecule is CC(C)Oc1ccc(NC(=O)C(C)C2Sc3ccccc3NC2=O)cc1. The van der Waals surface area contributed by atoms with Crippen LogP contribution in [0.3, 0.4) is 0 Å². The molecule has 3 rings (SSSR count). The van der Waals surface area contributed by atoms with Gasteiger partial charge in [-0.15, -0.1) is 11.8 Å². The van der Waals surface area contributed by atoms with Crippen molar-refractivity contribution in [2.24, 2.45) is 5.92 Å². The Bertz CT molecular complexity index is 805. The fourth-order valence-corrected chi connectivity index (χ4v) is 3.85. The van der Waals surface area contributed by atoms with E-state index in [4.69, 9.17) is 4.74 Å². The molecule has 2 aromatic rings. The Kier molecular flexibility index (Phi) is 5.52. The summed E-state index contributed by atoms with van der Waals surface area (Å²) in [7, 11) is 0. The van der Waals surface area contributed by atoms with Gasteiger partial charge in [0, 0.05) is 10.6 Å². The first-order valence-corrected chi connectivity index (χ1v) is 9.46. The molecule has 2 aromatic carbocycles. The molecule has 6 heteroatoms. The van der Waals surface area contributed by atoms with Crippen molar-refractivity contribution in [3.05, 3.63) is 48.5 Å². The Labute approximate surface area is 157 Å². The molecule has 2 unspecified atom stereocenters. The van der Waals surface area contributed by atoms with E-state index in [1.165, 1.54) is 11.8 Å². The maximum absolute atomic E-state index is 12.6. The zero-order chi connectivity index (χ0) is 18.7. The summed E-state index contributed by atoms with van der Waals surface area (Å²) in [5, 5.41) is 5.29. The van der Waals surface area contributed by atoms with Crippen LogP contribution in [0.15, 0.2) is 53.4 Å². The Balaban J connectivity index is 1.65. The molecule has 0 fully saturated rings. The molecule has 0 spiro atoms. The Morgan fingerprint density at radius 1 is 1.12 bits per heavy atom. The summed E-state index contributed by atoms with van der Waals surface area (Å²) in [4.78, 5) is 25.9. The first kappa shape index (κ1) is 18.3. The van der Waals surface area contributed by atoms with Gasteiger partial charge >= 0.3 is 0 Å². The summed E-state index contributed by atoms with van der Waals surface area (Å²) in [6, 6.07) is 14.8. The summed E-state index contributed by atoms with van der Waals surface area (Å²) >= 11 is 1.43. The lowest BCUT2D eigenvalue weighted by molar-refractivity contribution is -0.123. The van der Waals surface area contributed by atoms with Gasteiger partial charge in [-0.2, -0.15) is 0 Å². The highest BCUT2D eigenvalue weighted by atomic mass is 32.2. The molecule has 0 radical (unpaired) electrons. The lowest BCUT2D eigenvalue weighted by Crippen LogP contribution is -2.39. The summed E-state index contributed by atoms with van der Waals surface area (Å²) in [6.07, 6.45) is 0.0974. The van der Waals surface area contributed by atoms with E-state index in [2.05, 4.69) is 10.6 Å². The zero-order valence-electron chi connectivity index (χ0n) is 15.0. The highest BCUT2D eigenvalue weighted by Crippen LogP contribution is 2.38. The number of anilines is 2. The number of fused-ring (bicyclic) bond motifs is 1. The van der Waals surface area contributed by atoms with Crippen LogP contribution in [0.4, 0.5) is 11.4 Å². The molecule has 2 amide bonds. The smallest absolute Gasteiger partial charge is 0.238 e. The number of ether oxygens (including phenoxy) is 1. The highest BCUT2D eigenvalue weighted by Gasteiger charge is 2.35. The van der Waals surface area contributed by atoms with E-state index in [1.807, 2.05) is 50.2 Å². The van der Waals surface area contributed by atoms with Gasteiger partial charge in [0.15, 0.2) is 0 Å². The summed E-state index contributed by atoms with van der Waals surface area (Å²) in [6.45, 7) is 5.70. The van der Waals surface area contributed by atoms with Crippen molar-refractivity contribution in [3.63, 3.8) is 0 Å². The molecule has 2 atom stereocenters. The predicted molar refractivity (Wildman–Crippen MR) is 105 cm³/mol. The van der Waals surface area contributed by atoms with Gasteiger partial charge < -0.3 is 15.4 Å². The topological polar surface area (TPSA) is 67.4 Å². The monoisotopic (exact) mass is 370 g/mol. The number of hydrogen-bond acceptors (Lipinski definition) is 4. The van der Waals surface area contributed by atoms with Gasteiger partial charge in [-0.05, 0) is 50.2 Å². The van der Waals surface area contributed by atoms with Gasteiger partial charge in [0.2, 0.25) is 11.8 Å². The summed E-state index contributed by atoms with van der Waals surface area (Å²) in [5.74, 6) is -0.0450. The van der Waals surface area contributed by atoms with Crippen LogP contribution in [0, 0.1) is 5.92 Å². The van der Waals surface area contributed by atoms with Crippen molar-refractivity contribution in [1.82, 2.24) is 0 Å². The average molecular weight is 370 g/mol. The number of amides is 2. The minimum absolute atomic E-state index is 0.0974. The number of rotatable bonds is 5. The maximum Gasteiger partial charge on any atom is 0.238 e. The van der Waals surface area contributed by atoms with E-state index in [-0.39, 0.29) is 17.9 Å². The van der Waals surface area contributed by atoms with E-state index in [0.717, 1.165) is 16.3 Å². The van der Waals surface area contributed by atoms with Crippen LogP contribution in [-0.4, -0.2) is 23.2 Å². The lowest BCUT2D eigenvalue weighted by atomic mass is 10.1. The van der Waals surface area contributed by atoms with Gasteiger partial charge in [0.05, 0.1) is 23.0 Å². The number of hydrogen-bond donors (Lipinski definition) is 2. The predicted octanol–water partition coefficient (Wildman–Crippen LogP) is 4.16. The van der Waals surface area contributed by atoms with Gasteiger partial charge in [-0.1, -0.05) is 19.1 Å². The van der Waals surface area contributed by atoms with Crippen LogP contribution < -0.4 is 15.4 Å². The van der Waals surface area contributed by atoms with Crippen LogP contribution in [0.25, 0.3) is 0 Å². The highest BCUT2D eigenvalue weighted by molar-refractivity contribution is 8.01. The second-order valence-electron chi connectivity index (χ2n) is 6.49. The Morgan fingerprint density at radius 3 is 2.50 bits per heavy atom. The summed E-state index contributed by atoms with van der Waals surface area (Å²) < 4.78 is 5.60. The number of benzene rings is 2. The van der Waals surface area contributed by atoms with Crippen molar-refractivity contribution < 1.29 is 14.3 Å². The molecule has 0 aromatic heterocycles. The fraction of sp³-hybridized carbons (Fsp3) is 0.300. The van der Waals surface area contributed by atoms with Crippen molar-refractivity contribution in [1.29, 1.82) is 0 Å². The fourth-order valence-electron chi connectivity index (χ4n) is 2.68. The van der Waals surface area contributed by atoms with Crippen molar-refractivity contribution in [3.8, 4) is 5.75 Å². The van der Waals surface area contributed by atoms with Crippen molar-refractivity contribution in [2.75, 3.05) is 10.6 Å². The number of carbonyl (C=O) groups excluding carboxylic acids is 2. The van der Waals surface area contributed by atoms with Gasteiger partial charge in [0.1, 0.15) is 5.75 Å². The van der Waals surface area contributed by atoms with Crippen molar-refractivity contribution in [2.45, 2.75) is 37.0 Å². The minimum atomic E-state index is -0.472. The molecular weight excluding hydrogens is 348 g/mol. The minimum Gasteiger partial charge on any atom is -0.491 e. The van der Waals surface area contributed by atoms with Crippen LogP contribution in [0.5, 0.6) is 5.75 Å². The molecular formula is C20H22N2O3S. The summed E-state index contributed by atoms with van der Waals surface area (Å²) in [5.41, 5.74) is 1.48. The quantitative estimate of drug-likeness (QED) is 0.829. The standard InChI is InChI=1S/C20H22N2O3S/c1-12(2)25-15-10-8-14(9-11-15)21-19(23)13(3)18-20(24)22-16-6-4-5-7-17(16)26-18/h4-13,18H,1-3H3,(H,21,23)(H,22,24). The van der Waals surface area contributed by atoms with Gasteiger partial charge in [-0.25, -0.2) is 0 Å². The van der Waals surface area contributed by atoms with Crippen LogP contribution >= 0.6 is 11.8 Å². The number of para-hydroxylation sites is 1. The third kappa shape index (κ3) is 4.19. The zero-order valence-corrected chi connectivity index (χ0v) is 15.8. The number of thioether (sulfide) groups is 1. The number of carbonyl (C=O) groups is 2. The normalized spacial score (nSPS) is 17.2. The van der Waals surface area contributed by atoms with E-state index in [9.17, 15) is 9.59 Å². The lowest BCUT2D eigenvalue weighted by Gasteiger charge is -2.27. The van der Waals surface area contributed by atoms with E-state index >= 15 is 0 Å². The molecule has 1 heterocycles. The van der Waals surface area contributed by atoms with E-state index < -0.39 is 11.2 Å². The van der Waals surface area contributed by atoms with E-state index in [0.29, 0.717) is 5.69 Å². The molecule has 0 saturated carbocycles. The largest absolute Gasteiger partial charge is 0.491 e. The van der Waals surface area contributed by atoms with Gasteiger partial charge in [-0.3, -0.25) is 9.59 Å². The average Bonchev–Trinajstić information content (AvgIpc) is 2.61. The number of nitrogens with one attached hydrogen (secondary N) is 2. The molecule has 1 aliphatic rings. The Morgan fingerprint density at radius 2 is 1.81 bits per heavy atom. The third-order valence-corrected chi connectivity index (χ3v) is 5.50. The second kappa shape index (κ2) is 7.83. The second-order valence-corrected chi connectivity index (χ2v) is 7.68. The van der Waals surface area contributed by atoms with E-state index in [1.54, 1.807) is 19.1 Å². The first-order chi connectivity index (χ1) is 12.4. The first-order valence-electron chi connectivity index (χ1n) is 8.58. The third-order valence-electron chi connectivity index (χ3n) is 4.02. The molecule has 2 N–H and O–H groups in total. The molecule has 5 nitrogen and oxygen atoms in total. The molecule has 0 saturated heterocycles. The maximum atomic E-state index is 12.6. The van der Waals surface area contributed by atoms with Crippen LogP contribution in [0.1, 0.15) is 20.8 Å².